The van der Waals surface area contributed by atoms with Gasteiger partial charge in [-0.05, 0) is 63.2 Å². The van der Waals surface area contributed by atoms with Crippen molar-refractivity contribution < 1.29 is 4.39 Å². The van der Waals surface area contributed by atoms with Gasteiger partial charge in [-0.3, -0.25) is 0 Å². The fraction of sp³-hybridized carbons (Fsp3) is 0. The SMILES string of the molecule is Fc1ccc(-c2cccs2)cc1.Ic1cccs1. The smallest absolute Gasteiger partial charge is 0.123 e. The third-order valence-corrected chi connectivity index (χ3v) is 4.83. The van der Waals surface area contributed by atoms with E-state index in [1.54, 1.807) is 34.8 Å². The highest BCUT2D eigenvalue weighted by Gasteiger charge is 1.97. The fourth-order valence-electron chi connectivity index (χ4n) is 1.32. The van der Waals surface area contributed by atoms with Crippen LogP contribution in [0.25, 0.3) is 10.4 Å². The van der Waals surface area contributed by atoms with E-state index in [0.29, 0.717) is 0 Å². The molecule has 0 unspecified atom stereocenters. The van der Waals surface area contributed by atoms with Gasteiger partial charge in [0.15, 0.2) is 0 Å². The minimum atomic E-state index is -0.185. The highest BCUT2D eigenvalue weighted by molar-refractivity contribution is 14.1. The van der Waals surface area contributed by atoms with Crippen molar-refractivity contribution in [3.8, 4) is 10.4 Å². The molecular formula is C14H10FIS2. The van der Waals surface area contributed by atoms with Gasteiger partial charge in [-0.25, -0.2) is 4.39 Å². The van der Waals surface area contributed by atoms with E-state index in [2.05, 4.69) is 34.0 Å². The minimum absolute atomic E-state index is 0.185. The van der Waals surface area contributed by atoms with E-state index < -0.39 is 0 Å². The lowest BCUT2D eigenvalue weighted by atomic mass is 10.2. The van der Waals surface area contributed by atoms with Crippen LogP contribution in [0.2, 0.25) is 0 Å². The summed E-state index contributed by atoms with van der Waals surface area (Å²) in [6, 6.07) is 14.7. The highest BCUT2D eigenvalue weighted by atomic mass is 127. The quantitative estimate of drug-likeness (QED) is 0.455. The van der Waals surface area contributed by atoms with Gasteiger partial charge in [0.05, 0.1) is 2.88 Å². The number of hydrogen-bond acceptors (Lipinski definition) is 2. The van der Waals surface area contributed by atoms with Gasteiger partial charge in [0.25, 0.3) is 0 Å². The van der Waals surface area contributed by atoms with Crippen LogP contribution < -0.4 is 0 Å². The molecule has 0 aliphatic carbocycles. The van der Waals surface area contributed by atoms with Gasteiger partial charge in [0, 0.05) is 4.88 Å². The van der Waals surface area contributed by atoms with Crippen molar-refractivity contribution in [3.63, 3.8) is 0 Å². The third-order valence-electron chi connectivity index (χ3n) is 2.14. The predicted octanol–water partition coefficient (Wildman–Crippen LogP) is 5.91. The summed E-state index contributed by atoms with van der Waals surface area (Å²) >= 11 is 5.72. The largest absolute Gasteiger partial charge is 0.207 e. The van der Waals surface area contributed by atoms with Crippen LogP contribution in [-0.2, 0) is 0 Å². The Kier molecular flexibility index (Phi) is 5.34. The van der Waals surface area contributed by atoms with Crippen molar-refractivity contribution in [1.29, 1.82) is 0 Å². The summed E-state index contributed by atoms with van der Waals surface area (Å²) in [7, 11) is 0. The molecule has 92 valence electrons. The molecule has 2 heterocycles. The first-order valence-electron chi connectivity index (χ1n) is 5.24. The molecule has 0 N–H and O–H groups in total. The Balaban J connectivity index is 0.000000169. The number of rotatable bonds is 1. The molecule has 0 aliphatic heterocycles. The van der Waals surface area contributed by atoms with Crippen LogP contribution >= 0.6 is 45.3 Å². The van der Waals surface area contributed by atoms with E-state index in [0.717, 1.165) is 5.56 Å². The molecule has 0 spiro atoms. The van der Waals surface area contributed by atoms with Crippen LogP contribution in [0.4, 0.5) is 4.39 Å². The second-order valence-corrected chi connectivity index (χ2v) is 7.19. The summed E-state index contributed by atoms with van der Waals surface area (Å²) in [6.07, 6.45) is 0. The first kappa shape index (κ1) is 13.7. The first-order valence-corrected chi connectivity index (χ1v) is 8.08. The van der Waals surface area contributed by atoms with Gasteiger partial charge in [0.2, 0.25) is 0 Å². The van der Waals surface area contributed by atoms with Crippen molar-refractivity contribution >= 4 is 45.3 Å². The molecule has 0 radical (unpaired) electrons. The molecule has 0 nitrogen and oxygen atoms in total. The standard InChI is InChI=1S/C10H7FS.C4H3IS/c11-9-5-3-8(4-6-9)10-2-1-7-12-10;5-4-2-1-3-6-4/h1-7H;1-3H. The molecule has 0 atom stereocenters. The van der Waals surface area contributed by atoms with Crippen molar-refractivity contribution in [2.24, 2.45) is 0 Å². The average Bonchev–Trinajstić information content (AvgIpc) is 3.03. The van der Waals surface area contributed by atoms with E-state index in [4.69, 9.17) is 0 Å². The molecule has 0 fully saturated rings. The molecule has 0 saturated heterocycles. The van der Waals surface area contributed by atoms with E-state index in [9.17, 15) is 4.39 Å². The maximum atomic E-state index is 12.5. The Hall–Kier alpha value is -0.720. The summed E-state index contributed by atoms with van der Waals surface area (Å²) in [6.45, 7) is 0. The predicted molar refractivity (Wildman–Crippen MR) is 86.7 cm³/mol. The zero-order valence-corrected chi connectivity index (χ0v) is 13.1. The van der Waals surface area contributed by atoms with Gasteiger partial charge in [-0.2, -0.15) is 0 Å². The zero-order valence-electron chi connectivity index (χ0n) is 9.35. The summed E-state index contributed by atoms with van der Waals surface area (Å²) < 4.78 is 13.9. The molecule has 0 aliphatic rings. The van der Waals surface area contributed by atoms with Gasteiger partial charge in [-0.1, -0.05) is 24.3 Å². The van der Waals surface area contributed by atoms with Gasteiger partial charge < -0.3 is 0 Å². The Morgan fingerprint density at radius 3 is 1.94 bits per heavy atom. The van der Waals surface area contributed by atoms with Crippen LogP contribution in [0.3, 0.4) is 0 Å². The highest BCUT2D eigenvalue weighted by Crippen LogP contribution is 2.24. The van der Waals surface area contributed by atoms with E-state index in [1.807, 2.05) is 23.6 Å². The summed E-state index contributed by atoms with van der Waals surface area (Å²) in [4.78, 5) is 1.18. The summed E-state index contributed by atoms with van der Waals surface area (Å²) in [5.41, 5.74) is 1.08. The van der Waals surface area contributed by atoms with Gasteiger partial charge in [0.1, 0.15) is 5.82 Å². The molecule has 3 aromatic rings. The normalized spacial score (nSPS) is 9.67. The first-order chi connectivity index (χ1) is 8.75. The van der Waals surface area contributed by atoms with Crippen LogP contribution in [0.1, 0.15) is 0 Å². The van der Waals surface area contributed by atoms with Crippen molar-refractivity contribution in [1.82, 2.24) is 0 Å². The van der Waals surface area contributed by atoms with Crippen LogP contribution in [0.15, 0.2) is 59.3 Å². The Labute approximate surface area is 127 Å². The Morgan fingerprint density at radius 2 is 1.50 bits per heavy atom. The van der Waals surface area contributed by atoms with E-state index in [1.165, 1.54) is 19.9 Å². The lowest BCUT2D eigenvalue weighted by molar-refractivity contribution is 0.628. The molecule has 18 heavy (non-hydrogen) atoms. The molecule has 1 aromatic carbocycles. The molecule has 4 heteroatoms. The van der Waals surface area contributed by atoms with Gasteiger partial charge >= 0.3 is 0 Å². The lowest BCUT2D eigenvalue weighted by Crippen LogP contribution is -1.73. The molecular weight excluding hydrogens is 378 g/mol. The van der Waals surface area contributed by atoms with Gasteiger partial charge in [-0.15, -0.1) is 22.7 Å². The zero-order chi connectivity index (χ0) is 12.8. The summed E-state index contributed by atoms with van der Waals surface area (Å²) in [5.74, 6) is -0.185. The molecule has 2 aromatic heterocycles. The Bertz CT molecular complexity index is 556. The minimum Gasteiger partial charge on any atom is -0.207 e. The fourth-order valence-corrected chi connectivity index (χ4v) is 3.14. The molecule has 0 amide bonds. The van der Waals surface area contributed by atoms with E-state index in [-0.39, 0.29) is 5.82 Å². The average molecular weight is 388 g/mol. The maximum Gasteiger partial charge on any atom is 0.123 e. The topological polar surface area (TPSA) is 0 Å². The number of thiophene rings is 2. The number of hydrogen-bond donors (Lipinski definition) is 0. The molecule has 0 saturated carbocycles. The molecule has 0 bridgehead atoms. The Morgan fingerprint density at radius 1 is 0.833 bits per heavy atom. The summed E-state index contributed by atoms with van der Waals surface area (Å²) in [5, 5.41) is 4.08. The van der Waals surface area contributed by atoms with Crippen LogP contribution in [0.5, 0.6) is 0 Å². The second-order valence-electron chi connectivity index (χ2n) is 3.40. The van der Waals surface area contributed by atoms with E-state index >= 15 is 0 Å². The third kappa shape index (κ3) is 4.19. The molecule has 3 rings (SSSR count). The van der Waals surface area contributed by atoms with Crippen LogP contribution in [0, 0.1) is 8.70 Å². The van der Waals surface area contributed by atoms with Crippen LogP contribution in [-0.4, -0.2) is 0 Å². The monoisotopic (exact) mass is 388 g/mol. The van der Waals surface area contributed by atoms with Crippen molar-refractivity contribution in [2.45, 2.75) is 0 Å². The van der Waals surface area contributed by atoms with Crippen molar-refractivity contribution in [3.05, 3.63) is 68.0 Å². The second kappa shape index (κ2) is 7.01. The lowest BCUT2D eigenvalue weighted by Gasteiger charge is -1.94. The number of benzene rings is 1. The van der Waals surface area contributed by atoms with Crippen molar-refractivity contribution in [2.75, 3.05) is 0 Å². The maximum absolute atomic E-state index is 12.5. The number of halogens is 2.